The van der Waals surface area contributed by atoms with Gasteiger partial charge in [-0.3, -0.25) is 0 Å². The molecule has 0 fully saturated rings. The molecule has 1 unspecified atom stereocenters. The first-order valence-electron chi connectivity index (χ1n) is 7.37. The van der Waals surface area contributed by atoms with Gasteiger partial charge in [-0.05, 0) is 38.5 Å². The van der Waals surface area contributed by atoms with Crippen molar-refractivity contribution >= 4 is 5.69 Å². The summed E-state index contributed by atoms with van der Waals surface area (Å²) in [6.45, 7) is 6.77. The normalized spacial score (nSPS) is 12.0. The van der Waals surface area contributed by atoms with Crippen LogP contribution in [0.15, 0.2) is 42.5 Å². The highest BCUT2D eigenvalue weighted by Gasteiger charge is 2.04. The van der Waals surface area contributed by atoms with E-state index in [-0.39, 0.29) is 6.10 Å². The third-order valence-corrected chi connectivity index (χ3v) is 3.46. The van der Waals surface area contributed by atoms with Crippen LogP contribution in [0.3, 0.4) is 0 Å². The average Bonchev–Trinajstić information content (AvgIpc) is 2.48. The quantitative estimate of drug-likeness (QED) is 0.821. The molecule has 0 bridgehead atoms. The lowest BCUT2D eigenvalue weighted by Gasteiger charge is -2.14. The highest BCUT2D eigenvalue weighted by atomic mass is 16.5. The van der Waals surface area contributed by atoms with Gasteiger partial charge in [-0.15, -0.1) is 0 Å². The van der Waals surface area contributed by atoms with Crippen LogP contribution in [0.4, 0.5) is 5.69 Å². The second kappa shape index (κ2) is 7.02. The summed E-state index contributed by atoms with van der Waals surface area (Å²) >= 11 is 0. The molecule has 3 heteroatoms. The highest BCUT2D eigenvalue weighted by molar-refractivity contribution is 5.49. The molecule has 0 aliphatic carbocycles. The second-order valence-corrected chi connectivity index (χ2v) is 5.35. The van der Waals surface area contributed by atoms with Gasteiger partial charge in [-0.2, -0.15) is 0 Å². The van der Waals surface area contributed by atoms with Crippen LogP contribution in [0.5, 0.6) is 11.5 Å². The van der Waals surface area contributed by atoms with Crippen LogP contribution in [0.2, 0.25) is 0 Å². The number of rotatable bonds is 6. The van der Waals surface area contributed by atoms with E-state index in [1.165, 1.54) is 0 Å². The number of aryl methyl sites for hydroxylation is 1. The maximum atomic E-state index is 9.85. The Bertz CT molecular complexity index is 596. The largest absolute Gasteiger partial charge is 0.508 e. The molecule has 3 nitrogen and oxygen atoms in total. The Morgan fingerprint density at radius 1 is 1.19 bits per heavy atom. The molecule has 2 rings (SSSR count). The van der Waals surface area contributed by atoms with E-state index in [9.17, 15) is 5.11 Å². The van der Waals surface area contributed by atoms with Gasteiger partial charge in [0, 0.05) is 23.9 Å². The molecule has 112 valence electrons. The molecule has 2 aromatic carbocycles. The molecule has 0 amide bonds. The van der Waals surface area contributed by atoms with E-state index in [4.69, 9.17) is 4.74 Å². The summed E-state index contributed by atoms with van der Waals surface area (Å²) in [7, 11) is 0. The topological polar surface area (TPSA) is 41.5 Å². The van der Waals surface area contributed by atoms with E-state index in [2.05, 4.69) is 19.2 Å². The second-order valence-electron chi connectivity index (χ2n) is 5.35. The number of anilines is 1. The molecule has 0 aromatic heterocycles. The molecular weight excluding hydrogens is 262 g/mol. The summed E-state index contributed by atoms with van der Waals surface area (Å²) in [5, 5.41) is 13.2. The number of phenolic OH excluding ortho intramolecular Hbond substituents is 1. The van der Waals surface area contributed by atoms with Crippen molar-refractivity contribution in [2.75, 3.05) is 5.32 Å². The van der Waals surface area contributed by atoms with Crippen molar-refractivity contribution in [3.05, 3.63) is 53.6 Å². The standard InChI is InChI=1S/C18H23NO2/c1-4-14(3)21-17-7-5-6-16(11-17)19-12-15-10-13(2)8-9-18(15)20/h5-11,14,19-20H,4,12H2,1-3H3. The van der Waals surface area contributed by atoms with Crippen LogP contribution >= 0.6 is 0 Å². The molecule has 0 radical (unpaired) electrons. The fraction of sp³-hybridized carbons (Fsp3) is 0.333. The van der Waals surface area contributed by atoms with Crippen LogP contribution < -0.4 is 10.1 Å². The maximum Gasteiger partial charge on any atom is 0.121 e. The third-order valence-electron chi connectivity index (χ3n) is 3.46. The minimum atomic E-state index is 0.209. The summed E-state index contributed by atoms with van der Waals surface area (Å²) in [6, 6.07) is 13.5. The zero-order valence-corrected chi connectivity index (χ0v) is 12.9. The van der Waals surface area contributed by atoms with E-state index in [0.717, 1.165) is 29.0 Å². The number of aromatic hydroxyl groups is 1. The van der Waals surface area contributed by atoms with Crippen LogP contribution in [-0.2, 0) is 6.54 Å². The Morgan fingerprint density at radius 2 is 2.00 bits per heavy atom. The molecule has 0 saturated heterocycles. The lowest BCUT2D eigenvalue weighted by molar-refractivity contribution is 0.217. The summed E-state index contributed by atoms with van der Waals surface area (Å²) in [5.41, 5.74) is 3.01. The zero-order chi connectivity index (χ0) is 15.2. The molecular formula is C18H23NO2. The van der Waals surface area contributed by atoms with Gasteiger partial charge in [0.15, 0.2) is 0 Å². The number of nitrogens with one attached hydrogen (secondary N) is 1. The Balaban J connectivity index is 2.03. The molecule has 0 heterocycles. The first-order chi connectivity index (χ1) is 10.1. The van der Waals surface area contributed by atoms with Gasteiger partial charge in [0.2, 0.25) is 0 Å². The molecule has 0 spiro atoms. The van der Waals surface area contributed by atoms with Gasteiger partial charge in [0.25, 0.3) is 0 Å². The highest BCUT2D eigenvalue weighted by Crippen LogP contribution is 2.22. The van der Waals surface area contributed by atoms with Crippen molar-refractivity contribution in [2.24, 2.45) is 0 Å². The van der Waals surface area contributed by atoms with Gasteiger partial charge < -0.3 is 15.2 Å². The average molecular weight is 285 g/mol. The predicted octanol–water partition coefficient (Wildman–Crippen LogP) is 4.49. The predicted molar refractivity (Wildman–Crippen MR) is 87.0 cm³/mol. The molecule has 21 heavy (non-hydrogen) atoms. The molecule has 2 aromatic rings. The van der Waals surface area contributed by atoms with Crippen molar-refractivity contribution in [1.82, 2.24) is 0 Å². The first kappa shape index (κ1) is 15.2. The Labute approximate surface area is 126 Å². The summed E-state index contributed by atoms with van der Waals surface area (Å²) in [5.74, 6) is 1.18. The van der Waals surface area contributed by atoms with E-state index in [1.54, 1.807) is 6.07 Å². The van der Waals surface area contributed by atoms with Crippen LogP contribution in [0.25, 0.3) is 0 Å². The van der Waals surface area contributed by atoms with Crippen LogP contribution in [0.1, 0.15) is 31.4 Å². The SMILES string of the molecule is CCC(C)Oc1cccc(NCc2cc(C)ccc2O)c1. The number of phenols is 1. The first-order valence-corrected chi connectivity index (χ1v) is 7.37. The van der Waals surface area contributed by atoms with Crippen molar-refractivity contribution in [2.45, 2.75) is 39.8 Å². The lowest BCUT2D eigenvalue weighted by Crippen LogP contribution is -2.09. The van der Waals surface area contributed by atoms with E-state index < -0.39 is 0 Å². The molecule has 0 aliphatic rings. The third kappa shape index (κ3) is 4.42. The smallest absolute Gasteiger partial charge is 0.121 e. The number of hydrogen-bond acceptors (Lipinski definition) is 3. The summed E-state index contributed by atoms with van der Waals surface area (Å²) in [4.78, 5) is 0. The van der Waals surface area contributed by atoms with Crippen molar-refractivity contribution in [3.63, 3.8) is 0 Å². The Hall–Kier alpha value is -2.16. The van der Waals surface area contributed by atoms with E-state index >= 15 is 0 Å². The van der Waals surface area contributed by atoms with Crippen molar-refractivity contribution in [1.29, 1.82) is 0 Å². The molecule has 2 N–H and O–H groups in total. The molecule has 0 saturated carbocycles. The maximum absolute atomic E-state index is 9.85. The minimum absolute atomic E-state index is 0.209. The number of ether oxygens (including phenoxy) is 1. The van der Waals surface area contributed by atoms with Gasteiger partial charge in [-0.1, -0.05) is 30.7 Å². The number of hydrogen-bond donors (Lipinski definition) is 2. The van der Waals surface area contributed by atoms with Gasteiger partial charge in [-0.25, -0.2) is 0 Å². The van der Waals surface area contributed by atoms with Crippen molar-refractivity contribution < 1.29 is 9.84 Å². The fourth-order valence-electron chi connectivity index (χ4n) is 2.05. The van der Waals surface area contributed by atoms with Crippen molar-refractivity contribution in [3.8, 4) is 11.5 Å². The van der Waals surface area contributed by atoms with Gasteiger partial charge >= 0.3 is 0 Å². The van der Waals surface area contributed by atoms with E-state index in [0.29, 0.717) is 12.3 Å². The molecule has 1 atom stereocenters. The van der Waals surface area contributed by atoms with Crippen LogP contribution in [-0.4, -0.2) is 11.2 Å². The van der Waals surface area contributed by atoms with Gasteiger partial charge in [0.1, 0.15) is 11.5 Å². The zero-order valence-electron chi connectivity index (χ0n) is 12.9. The minimum Gasteiger partial charge on any atom is -0.508 e. The van der Waals surface area contributed by atoms with E-state index in [1.807, 2.05) is 43.3 Å². The Morgan fingerprint density at radius 3 is 2.76 bits per heavy atom. The molecule has 0 aliphatic heterocycles. The summed E-state index contributed by atoms with van der Waals surface area (Å²) < 4.78 is 5.81. The fourth-order valence-corrected chi connectivity index (χ4v) is 2.05. The summed E-state index contributed by atoms with van der Waals surface area (Å²) in [6.07, 6.45) is 1.19. The van der Waals surface area contributed by atoms with Crippen LogP contribution in [0, 0.1) is 6.92 Å². The number of benzene rings is 2. The Kier molecular flexibility index (Phi) is 5.09. The monoisotopic (exact) mass is 285 g/mol. The lowest BCUT2D eigenvalue weighted by atomic mass is 10.1. The van der Waals surface area contributed by atoms with Gasteiger partial charge in [0.05, 0.1) is 6.10 Å².